The molecule has 7 fully saturated rings. The third kappa shape index (κ3) is 9.25. The zero-order chi connectivity index (χ0) is 64.2. The molecular formula is C85H106N2O5S2. The van der Waals surface area contributed by atoms with E-state index in [1.807, 2.05) is 0 Å². The van der Waals surface area contributed by atoms with E-state index in [1.165, 1.54) is 101 Å². The first-order valence-corrected chi connectivity index (χ1v) is 40.2. The van der Waals surface area contributed by atoms with Crippen molar-refractivity contribution in [3.05, 3.63) is 170 Å². The standard InChI is InChI=1S/C85H106N2O5S2/c1-52(2)35-62-28-30-79(3)74(90)29-31-84-70-39-57-20-11-12-22-66(57)68-38-54-17-13-21-56(37-54)58-25-27-75(87-47-58)86-34-14-23-65(55-18-9-6-10-19-55)59(48-88)24-26-67(77(91)92)76-73(89)46-85-72(45-82(62,78(79)84)44-69(68)70)71(84)41-63(80(76,85)4)40-64-50-94-93-49-61-43-81(32-33-83(64,85)51-81)42-60(61)36-53-15-7-5-8-16-53/h5,7-8,11-13,15-17,20-22,25,27-28,37,39,44,48,52,55,60-61,63-65,67,70,73-74,76,78,86-90H,6,9-10,14,18-19,23-24,26,29-36,38,40-43,45-47,49-51H2,1-4H3,(H,91,92)/b59-48+/t60-,61+,63-,64+,65-,67+,70-,73+,74-,76-,78+,79+,80+,81+,82+,83+,84-,85+/m0/s1. The van der Waals surface area contributed by atoms with E-state index in [0.717, 1.165) is 120 Å². The predicted octanol–water partition coefficient (Wildman–Crippen LogP) is 16.8. The number of carboxylic acids is 1. The van der Waals surface area contributed by atoms with Gasteiger partial charge in [0.2, 0.25) is 0 Å². The van der Waals surface area contributed by atoms with Gasteiger partial charge in [0.1, 0.15) is 0 Å². The second-order valence-corrected chi connectivity index (χ2v) is 37.2. The zero-order valence-electron chi connectivity index (χ0n) is 56.8. The molecule has 3 aromatic rings. The summed E-state index contributed by atoms with van der Waals surface area (Å²) in [6.45, 7) is 11.6. The summed E-state index contributed by atoms with van der Waals surface area (Å²) >= 11 is 0. The molecule has 0 amide bonds. The molecule has 9 heteroatoms. The smallest absolute Gasteiger partial charge is 0.306 e. The van der Waals surface area contributed by atoms with Crippen molar-refractivity contribution in [2.24, 2.45) is 103 Å². The van der Waals surface area contributed by atoms with E-state index in [0.29, 0.717) is 48.9 Å². The summed E-state index contributed by atoms with van der Waals surface area (Å²) in [6, 6.07) is 30.2. The number of aliphatic hydroxyl groups excluding tert-OH is 3. The molecule has 94 heavy (non-hydrogen) atoms. The van der Waals surface area contributed by atoms with Crippen LogP contribution in [0.25, 0.3) is 17.2 Å². The molecule has 3 aromatic carbocycles. The minimum Gasteiger partial charge on any atom is -0.516 e. The molecule has 11 aliphatic carbocycles. The van der Waals surface area contributed by atoms with Crippen molar-refractivity contribution in [3.8, 4) is 0 Å². The lowest BCUT2D eigenvalue weighted by Gasteiger charge is -2.77. The molecule has 498 valence electrons. The zero-order valence-corrected chi connectivity index (χ0v) is 58.4. The fraction of sp³-hybridized carbons (Fsp3) is 0.612. The first-order valence-electron chi connectivity index (χ1n) is 37.7. The number of benzene rings is 3. The van der Waals surface area contributed by atoms with Crippen LogP contribution in [0.3, 0.4) is 0 Å². The average molecular weight is 1300 g/mol. The first-order chi connectivity index (χ1) is 45.6. The summed E-state index contributed by atoms with van der Waals surface area (Å²) in [5, 5.41) is 61.8. The SMILES string of the molecule is CC(C)CC1=CC[C@]2(C)[C@@H](O)CC[C@@]34C5=C6C[C@@]1(C=C1C(=c7ccccc7=C[C@@H]13)Cc1cccc(c1)C1=CC=C(NCCC[C@@H](C3CCCCC3)/C(=C/O)CC[C@@H](C(=O)O)[C@H]3[C@H](O)C[C@@]67[C@@]68CC[C@@]9(C[C@H](CSSC[C@H]6C[C@@H](C5)[C@]37C)[C@@H](Cc3ccccc3)C9)C8)NC1)[C@@H]24. The third-order valence-corrected chi connectivity index (χ3v) is 32.9. The maximum absolute atomic E-state index is 15.1. The monoisotopic (exact) mass is 1300 g/mol. The Kier molecular flexibility index (Phi) is 15.7. The van der Waals surface area contributed by atoms with E-state index < -0.39 is 46.3 Å². The minimum atomic E-state index is -0.791. The highest BCUT2D eigenvalue weighted by Crippen LogP contribution is 2.89. The number of fused-ring (bicyclic) bond motifs is 2. The number of carbonyl (C=O) groups is 1. The number of nitrogens with one attached hydrogen (secondary N) is 2. The normalized spacial score (nSPS) is 42.5. The average Bonchev–Trinajstić information content (AvgIpc) is 1.15. The molecule has 4 spiro atoms. The van der Waals surface area contributed by atoms with Crippen LogP contribution in [0.5, 0.6) is 0 Å². The van der Waals surface area contributed by atoms with Crippen molar-refractivity contribution < 1.29 is 25.2 Å². The van der Waals surface area contributed by atoms with E-state index in [2.05, 4.69) is 169 Å². The lowest BCUT2D eigenvalue weighted by molar-refractivity contribution is -0.206. The van der Waals surface area contributed by atoms with Crippen LogP contribution in [-0.2, 0) is 17.6 Å². The van der Waals surface area contributed by atoms with Crippen LogP contribution in [0.4, 0.5) is 0 Å². The highest BCUT2D eigenvalue weighted by Gasteiger charge is 2.83. The summed E-state index contributed by atoms with van der Waals surface area (Å²) in [6.07, 6.45) is 37.1. The van der Waals surface area contributed by atoms with Crippen LogP contribution >= 0.6 is 21.6 Å². The molecular weight excluding hydrogens is 1190 g/mol. The van der Waals surface area contributed by atoms with Crippen molar-refractivity contribution in [2.45, 2.75) is 194 Å². The molecule has 18 bridgehead atoms. The summed E-state index contributed by atoms with van der Waals surface area (Å²) in [4.78, 5) is 15.1. The Morgan fingerprint density at radius 1 is 0.819 bits per heavy atom. The highest BCUT2D eigenvalue weighted by atomic mass is 33.1. The Bertz CT molecular complexity index is 3850. The minimum absolute atomic E-state index is 0.0823. The topological polar surface area (TPSA) is 122 Å². The van der Waals surface area contributed by atoms with Gasteiger partial charge in [-0.2, -0.15) is 0 Å². The Hall–Kier alpha value is -4.67. The number of carboxylic acid groups (broad SMARTS) is 1. The van der Waals surface area contributed by atoms with Gasteiger partial charge in [-0.15, -0.1) is 0 Å². The van der Waals surface area contributed by atoms with Gasteiger partial charge in [0.15, 0.2) is 0 Å². The van der Waals surface area contributed by atoms with Crippen molar-refractivity contribution in [1.82, 2.24) is 10.6 Å². The Morgan fingerprint density at radius 3 is 2.46 bits per heavy atom. The number of rotatable bonds is 6. The molecule has 6 N–H and O–H groups in total. The Labute approximate surface area is 568 Å². The van der Waals surface area contributed by atoms with Gasteiger partial charge in [-0.05, 0) is 254 Å². The van der Waals surface area contributed by atoms with Crippen LogP contribution in [0.15, 0.2) is 143 Å². The molecule has 0 radical (unpaired) electrons. The summed E-state index contributed by atoms with van der Waals surface area (Å²) < 4.78 is 0. The van der Waals surface area contributed by atoms with Crippen molar-refractivity contribution in [1.29, 1.82) is 0 Å². The molecule has 7 aliphatic heterocycles. The van der Waals surface area contributed by atoms with Gasteiger partial charge in [-0.1, -0.05) is 188 Å². The van der Waals surface area contributed by atoms with Gasteiger partial charge in [-0.25, -0.2) is 0 Å². The van der Waals surface area contributed by atoms with E-state index in [-0.39, 0.29) is 45.3 Å². The van der Waals surface area contributed by atoms with Crippen molar-refractivity contribution >= 4 is 44.8 Å². The predicted molar refractivity (Wildman–Crippen MR) is 384 cm³/mol. The molecule has 0 unspecified atom stereocenters. The van der Waals surface area contributed by atoms with Gasteiger partial charge in [0.05, 0.1) is 30.2 Å². The van der Waals surface area contributed by atoms with Gasteiger partial charge in [0.25, 0.3) is 0 Å². The van der Waals surface area contributed by atoms with Crippen molar-refractivity contribution in [3.63, 3.8) is 0 Å². The number of hydrogen-bond acceptors (Lipinski definition) is 8. The van der Waals surface area contributed by atoms with Gasteiger partial charge < -0.3 is 31.1 Å². The molecule has 0 aromatic heterocycles. The largest absolute Gasteiger partial charge is 0.516 e. The second-order valence-electron chi connectivity index (χ2n) is 34.7. The van der Waals surface area contributed by atoms with E-state index in [1.54, 1.807) is 16.7 Å². The molecule has 7 heterocycles. The third-order valence-electron chi connectivity index (χ3n) is 30.3. The Morgan fingerprint density at radius 2 is 1.65 bits per heavy atom. The van der Waals surface area contributed by atoms with Crippen molar-refractivity contribution in [2.75, 3.05) is 24.6 Å². The number of aliphatic hydroxyl groups is 3. The lowest BCUT2D eigenvalue weighted by atomic mass is 9.26. The summed E-state index contributed by atoms with van der Waals surface area (Å²) in [5.41, 5.74) is 12.3. The molecule has 6 saturated carbocycles. The number of aliphatic carboxylic acids is 1. The second kappa shape index (κ2) is 23.5. The van der Waals surface area contributed by atoms with E-state index in [9.17, 15) is 20.4 Å². The summed E-state index contributed by atoms with van der Waals surface area (Å²) in [7, 11) is 4.35. The van der Waals surface area contributed by atoms with Crippen LogP contribution in [0.1, 0.15) is 186 Å². The molecule has 18 aliphatic rings. The van der Waals surface area contributed by atoms with Crippen LogP contribution in [0.2, 0.25) is 0 Å². The van der Waals surface area contributed by atoms with Gasteiger partial charge in [-0.3, -0.25) is 4.79 Å². The lowest BCUT2D eigenvalue weighted by Crippen LogP contribution is -2.72. The number of dihydropyridines is 1. The maximum Gasteiger partial charge on any atom is 0.306 e. The number of allylic oxidation sites excluding steroid dienone is 9. The van der Waals surface area contributed by atoms with Gasteiger partial charge in [0, 0.05) is 58.1 Å². The quantitative estimate of drug-likeness (QED) is 0.0814. The highest BCUT2D eigenvalue weighted by molar-refractivity contribution is 8.76. The first kappa shape index (κ1) is 62.8. The van der Waals surface area contributed by atoms with Crippen LogP contribution in [-0.4, -0.2) is 63.2 Å². The summed E-state index contributed by atoms with van der Waals surface area (Å²) in [5.74, 6) is 4.59. The molecule has 21 rings (SSSR count). The number of hydrogen-bond donors (Lipinski definition) is 6. The Balaban J connectivity index is 0.911. The fourth-order valence-electron chi connectivity index (χ4n) is 27.1. The molecule has 1 saturated heterocycles. The fourth-order valence-corrected chi connectivity index (χ4v) is 30.1. The van der Waals surface area contributed by atoms with Crippen LogP contribution < -0.4 is 21.1 Å². The van der Waals surface area contributed by atoms with E-state index >= 15 is 4.79 Å². The maximum atomic E-state index is 15.1. The molecule has 7 nitrogen and oxygen atoms in total. The van der Waals surface area contributed by atoms with Gasteiger partial charge >= 0.3 is 5.97 Å². The molecule has 18 atom stereocenters. The van der Waals surface area contributed by atoms with Crippen LogP contribution in [0, 0.1) is 103 Å². The van der Waals surface area contributed by atoms with E-state index in [4.69, 9.17) is 0 Å².